The Morgan fingerprint density at radius 3 is 2.31 bits per heavy atom. The van der Waals surface area contributed by atoms with Gasteiger partial charge >= 0.3 is 0 Å². The number of hydrogen-bond acceptors (Lipinski definition) is 2. The van der Waals surface area contributed by atoms with Crippen LogP contribution in [-0.2, 0) is 6.54 Å². The van der Waals surface area contributed by atoms with Gasteiger partial charge in [-0.15, -0.1) is 0 Å². The summed E-state index contributed by atoms with van der Waals surface area (Å²) >= 11 is 0. The summed E-state index contributed by atoms with van der Waals surface area (Å²) in [5.74, 6) is 0. The van der Waals surface area contributed by atoms with Crippen molar-refractivity contribution in [1.82, 2.24) is 4.90 Å². The number of nitrogens with two attached hydrogens (primary N) is 1. The maximum Gasteiger partial charge on any atom is 0.0233 e. The quantitative estimate of drug-likeness (QED) is 0.825. The molecule has 1 saturated heterocycles. The van der Waals surface area contributed by atoms with Crippen molar-refractivity contribution in [2.45, 2.75) is 38.8 Å². The molecule has 1 heterocycles. The van der Waals surface area contributed by atoms with E-state index in [4.69, 9.17) is 5.73 Å². The first-order valence-electron chi connectivity index (χ1n) is 6.12. The molecule has 2 nitrogen and oxygen atoms in total. The minimum Gasteiger partial charge on any atom is -0.325 e. The monoisotopic (exact) mass is 218 g/mol. The van der Waals surface area contributed by atoms with Gasteiger partial charge in [0.05, 0.1) is 0 Å². The van der Waals surface area contributed by atoms with Gasteiger partial charge in [-0.1, -0.05) is 29.8 Å². The molecule has 0 unspecified atom stereocenters. The van der Waals surface area contributed by atoms with Gasteiger partial charge in [0.15, 0.2) is 0 Å². The average Bonchev–Trinajstić information content (AvgIpc) is 2.24. The molecule has 1 aromatic carbocycles. The molecule has 1 aromatic rings. The van der Waals surface area contributed by atoms with Crippen molar-refractivity contribution in [3.05, 3.63) is 35.4 Å². The Morgan fingerprint density at radius 1 is 1.19 bits per heavy atom. The van der Waals surface area contributed by atoms with Crippen LogP contribution in [0.3, 0.4) is 0 Å². The van der Waals surface area contributed by atoms with Crippen molar-refractivity contribution in [2.75, 3.05) is 13.1 Å². The highest BCUT2D eigenvalue weighted by molar-refractivity contribution is 5.21. The SMILES string of the molecule is Cc1ccc(CN2CCC(C)(N)CC2)cc1. The van der Waals surface area contributed by atoms with Gasteiger partial charge < -0.3 is 5.73 Å². The molecule has 0 amide bonds. The van der Waals surface area contributed by atoms with Crippen molar-refractivity contribution in [3.8, 4) is 0 Å². The van der Waals surface area contributed by atoms with Gasteiger partial charge in [0.2, 0.25) is 0 Å². The third-order valence-electron chi connectivity index (χ3n) is 3.53. The number of piperidine rings is 1. The Morgan fingerprint density at radius 2 is 1.75 bits per heavy atom. The lowest BCUT2D eigenvalue weighted by atomic mass is 9.91. The molecule has 1 aliphatic heterocycles. The van der Waals surface area contributed by atoms with E-state index in [0.717, 1.165) is 32.5 Å². The Bertz CT molecular complexity index is 330. The summed E-state index contributed by atoms with van der Waals surface area (Å²) in [7, 11) is 0. The van der Waals surface area contributed by atoms with E-state index >= 15 is 0 Å². The van der Waals surface area contributed by atoms with Gasteiger partial charge in [0.1, 0.15) is 0 Å². The van der Waals surface area contributed by atoms with Gasteiger partial charge in [-0.3, -0.25) is 4.90 Å². The van der Waals surface area contributed by atoms with Gasteiger partial charge in [-0.05, 0) is 32.3 Å². The number of aryl methyl sites for hydroxylation is 1. The molecule has 0 spiro atoms. The highest BCUT2D eigenvalue weighted by Gasteiger charge is 2.25. The van der Waals surface area contributed by atoms with Crippen LogP contribution in [0.1, 0.15) is 30.9 Å². The summed E-state index contributed by atoms with van der Waals surface area (Å²) in [6.07, 6.45) is 2.22. The molecule has 0 radical (unpaired) electrons. The summed E-state index contributed by atoms with van der Waals surface area (Å²) in [5, 5.41) is 0. The molecular weight excluding hydrogens is 196 g/mol. The average molecular weight is 218 g/mol. The number of benzene rings is 1. The van der Waals surface area contributed by atoms with E-state index in [-0.39, 0.29) is 5.54 Å². The molecule has 1 aliphatic rings. The van der Waals surface area contributed by atoms with Crippen LogP contribution in [0.15, 0.2) is 24.3 Å². The lowest BCUT2D eigenvalue weighted by molar-refractivity contribution is 0.165. The molecule has 2 rings (SSSR count). The van der Waals surface area contributed by atoms with Crippen LogP contribution in [0.5, 0.6) is 0 Å². The topological polar surface area (TPSA) is 29.3 Å². The Labute approximate surface area is 98.4 Å². The Kier molecular flexibility index (Phi) is 3.31. The fraction of sp³-hybridized carbons (Fsp3) is 0.571. The largest absolute Gasteiger partial charge is 0.325 e. The van der Waals surface area contributed by atoms with E-state index in [9.17, 15) is 0 Å². The zero-order valence-electron chi connectivity index (χ0n) is 10.4. The zero-order chi connectivity index (χ0) is 11.6. The van der Waals surface area contributed by atoms with Crippen molar-refractivity contribution in [1.29, 1.82) is 0 Å². The lowest BCUT2D eigenvalue weighted by Crippen LogP contribution is -2.47. The maximum atomic E-state index is 6.13. The van der Waals surface area contributed by atoms with Gasteiger partial charge in [0.25, 0.3) is 0 Å². The lowest BCUT2D eigenvalue weighted by Gasteiger charge is -2.36. The third-order valence-corrected chi connectivity index (χ3v) is 3.53. The van der Waals surface area contributed by atoms with Crippen LogP contribution in [0, 0.1) is 6.92 Å². The van der Waals surface area contributed by atoms with Crippen LogP contribution in [0.4, 0.5) is 0 Å². The second-order valence-corrected chi connectivity index (χ2v) is 5.42. The first-order valence-corrected chi connectivity index (χ1v) is 6.12. The number of nitrogens with zero attached hydrogens (tertiary/aromatic N) is 1. The molecule has 0 bridgehead atoms. The molecule has 1 fully saturated rings. The minimum atomic E-state index is 0.0593. The van der Waals surface area contributed by atoms with Crippen molar-refractivity contribution < 1.29 is 0 Å². The molecule has 16 heavy (non-hydrogen) atoms. The first kappa shape index (κ1) is 11.6. The fourth-order valence-electron chi connectivity index (χ4n) is 2.17. The summed E-state index contributed by atoms with van der Waals surface area (Å²) in [6.45, 7) is 7.61. The van der Waals surface area contributed by atoms with E-state index in [1.165, 1.54) is 11.1 Å². The van der Waals surface area contributed by atoms with Crippen LogP contribution >= 0.6 is 0 Å². The van der Waals surface area contributed by atoms with Crippen LogP contribution < -0.4 is 5.73 Å². The standard InChI is InChI=1S/C14H22N2/c1-12-3-5-13(6-4-12)11-16-9-7-14(2,15)8-10-16/h3-6H,7-11,15H2,1-2H3. The van der Waals surface area contributed by atoms with Crippen molar-refractivity contribution in [3.63, 3.8) is 0 Å². The summed E-state index contributed by atoms with van der Waals surface area (Å²) in [4.78, 5) is 2.50. The predicted octanol–water partition coefficient (Wildman–Crippen LogP) is 2.31. The third kappa shape index (κ3) is 3.06. The molecule has 88 valence electrons. The van der Waals surface area contributed by atoms with E-state index in [2.05, 4.69) is 43.0 Å². The molecular formula is C14H22N2. The highest BCUT2D eigenvalue weighted by Crippen LogP contribution is 2.20. The Hall–Kier alpha value is -0.860. The molecule has 0 aliphatic carbocycles. The van der Waals surface area contributed by atoms with E-state index in [1.807, 2.05) is 0 Å². The zero-order valence-corrected chi connectivity index (χ0v) is 10.4. The maximum absolute atomic E-state index is 6.13. The molecule has 0 aromatic heterocycles. The van der Waals surface area contributed by atoms with Crippen molar-refractivity contribution >= 4 is 0 Å². The summed E-state index contributed by atoms with van der Waals surface area (Å²) in [6, 6.07) is 8.83. The number of hydrogen-bond donors (Lipinski definition) is 1. The summed E-state index contributed by atoms with van der Waals surface area (Å²) in [5.41, 5.74) is 8.92. The van der Waals surface area contributed by atoms with Gasteiger partial charge in [-0.2, -0.15) is 0 Å². The molecule has 0 atom stereocenters. The molecule has 2 heteroatoms. The fourth-order valence-corrected chi connectivity index (χ4v) is 2.17. The minimum absolute atomic E-state index is 0.0593. The number of likely N-dealkylation sites (tertiary alicyclic amines) is 1. The van der Waals surface area contributed by atoms with E-state index in [1.54, 1.807) is 0 Å². The highest BCUT2D eigenvalue weighted by atomic mass is 15.1. The molecule has 2 N–H and O–H groups in total. The van der Waals surface area contributed by atoms with E-state index < -0.39 is 0 Å². The smallest absolute Gasteiger partial charge is 0.0233 e. The Balaban J connectivity index is 1.89. The van der Waals surface area contributed by atoms with Crippen molar-refractivity contribution in [2.24, 2.45) is 5.73 Å². The van der Waals surface area contributed by atoms with E-state index in [0.29, 0.717) is 0 Å². The predicted molar refractivity (Wildman–Crippen MR) is 68.3 cm³/mol. The normalized spacial score (nSPS) is 20.9. The van der Waals surface area contributed by atoms with Crippen LogP contribution in [0.25, 0.3) is 0 Å². The molecule has 0 saturated carbocycles. The summed E-state index contributed by atoms with van der Waals surface area (Å²) < 4.78 is 0. The first-order chi connectivity index (χ1) is 7.55. The second-order valence-electron chi connectivity index (χ2n) is 5.42. The number of rotatable bonds is 2. The second kappa shape index (κ2) is 4.56. The van der Waals surface area contributed by atoms with Crippen LogP contribution in [0.2, 0.25) is 0 Å². The van der Waals surface area contributed by atoms with Gasteiger partial charge in [0, 0.05) is 25.2 Å². The van der Waals surface area contributed by atoms with Crippen LogP contribution in [-0.4, -0.2) is 23.5 Å². The van der Waals surface area contributed by atoms with Gasteiger partial charge in [-0.25, -0.2) is 0 Å².